The van der Waals surface area contributed by atoms with Gasteiger partial charge in [0, 0.05) is 6.54 Å². The van der Waals surface area contributed by atoms with Gasteiger partial charge in [-0.3, -0.25) is 0 Å². The van der Waals surface area contributed by atoms with Crippen molar-refractivity contribution >= 4 is 5.82 Å². The monoisotopic (exact) mass is 252 g/mol. The molecule has 0 fully saturated rings. The van der Waals surface area contributed by atoms with E-state index in [2.05, 4.69) is 52.8 Å². The van der Waals surface area contributed by atoms with Crippen molar-refractivity contribution in [1.82, 2.24) is 10.2 Å². The molecule has 0 unspecified atom stereocenters. The minimum absolute atomic E-state index is 0.547. The molecule has 1 aromatic heterocycles. The number of rotatable bonds is 3. The van der Waals surface area contributed by atoms with Crippen LogP contribution in [0.3, 0.4) is 0 Å². The highest BCUT2D eigenvalue weighted by atomic mass is 15.2. The van der Waals surface area contributed by atoms with Crippen LogP contribution >= 0.6 is 0 Å². The van der Waals surface area contributed by atoms with Gasteiger partial charge in [-0.25, -0.2) is 0 Å². The largest absolute Gasteiger partial charge is 0.363 e. The molecule has 0 radical (unpaired) electrons. The number of anilines is 1. The van der Waals surface area contributed by atoms with Crippen LogP contribution in [0, 0.1) is 32.1 Å². The summed E-state index contributed by atoms with van der Waals surface area (Å²) in [5.74, 6) is 0.547. The van der Waals surface area contributed by atoms with Crippen LogP contribution < -0.4 is 5.32 Å². The summed E-state index contributed by atoms with van der Waals surface area (Å²) in [7, 11) is 0. The predicted octanol–water partition coefficient (Wildman–Crippen LogP) is 2.89. The first-order valence-corrected chi connectivity index (χ1v) is 6.15. The Bertz CT molecular complexity index is 624. The van der Waals surface area contributed by atoms with Gasteiger partial charge >= 0.3 is 0 Å². The van der Waals surface area contributed by atoms with Crippen molar-refractivity contribution in [2.45, 2.75) is 27.3 Å². The first-order valence-electron chi connectivity index (χ1n) is 6.15. The molecule has 1 aromatic carbocycles. The first-order chi connectivity index (χ1) is 9.11. The molecule has 0 saturated heterocycles. The molecule has 1 N–H and O–H groups in total. The van der Waals surface area contributed by atoms with Gasteiger partial charge in [-0.15, -0.1) is 5.10 Å². The molecule has 0 aliphatic rings. The molecular weight excluding hydrogens is 236 g/mol. The second-order valence-electron chi connectivity index (χ2n) is 4.58. The summed E-state index contributed by atoms with van der Waals surface area (Å²) in [4.78, 5) is 0. The third-order valence-electron chi connectivity index (χ3n) is 3.15. The lowest BCUT2D eigenvalue weighted by Crippen LogP contribution is -2.07. The molecule has 0 spiro atoms. The summed E-state index contributed by atoms with van der Waals surface area (Å²) in [6.07, 6.45) is 0. The number of nitrogens with one attached hydrogen (secondary N) is 1. The normalized spacial score (nSPS) is 10.0. The highest BCUT2D eigenvalue weighted by Gasteiger charge is 2.10. The Morgan fingerprint density at radius 2 is 1.79 bits per heavy atom. The van der Waals surface area contributed by atoms with Crippen molar-refractivity contribution in [2.24, 2.45) is 0 Å². The van der Waals surface area contributed by atoms with Crippen LogP contribution in [0.1, 0.15) is 27.9 Å². The molecule has 0 aliphatic heterocycles. The van der Waals surface area contributed by atoms with E-state index in [0.29, 0.717) is 17.9 Å². The molecule has 0 saturated carbocycles. The van der Waals surface area contributed by atoms with Crippen molar-refractivity contribution in [3.8, 4) is 6.07 Å². The Labute approximate surface area is 113 Å². The zero-order valence-electron chi connectivity index (χ0n) is 11.4. The molecule has 4 heteroatoms. The SMILES string of the molecule is Cc1ccc(CNc2nnc(C)c(C)c2C#N)cc1. The molecule has 96 valence electrons. The van der Waals surface area contributed by atoms with E-state index < -0.39 is 0 Å². The second kappa shape index (κ2) is 5.49. The predicted molar refractivity (Wildman–Crippen MR) is 74.7 cm³/mol. The van der Waals surface area contributed by atoms with E-state index in [1.165, 1.54) is 5.56 Å². The van der Waals surface area contributed by atoms with Crippen LogP contribution in [0.25, 0.3) is 0 Å². The van der Waals surface area contributed by atoms with Crippen LogP contribution in [0.15, 0.2) is 24.3 Å². The summed E-state index contributed by atoms with van der Waals surface area (Å²) in [5, 5.41) is 20.5. The third-order valence-corrected chi connectivity index (χ3v) is 3.15. The molecule has 0 amide bonds. The molecule has 2 rings (SSSR count). The van der Waals surface area contributed by atoms with E-state index in [1.54, 1.807) is 0 Å². The van der Waals surface area contributed by atoms with Gasteiger partial charge in [-0.05, 0) is 31.9 Å². The van der Waals surface area contributed by atoms with Crippen LogP contribution in [-0.4, -0.2) is 10.2 Å². The molecular formula is C15H16N4. The Kier molecular flexibility index (Phi) is 3.76. The zero-order chi connectivity index (χ0) is 13.8. The summed E-state index contributed by atoms with van der Waals surface area (Å²) >= 11 is 0. The van der Waals surface area contributed by atoms with Gasteiger partial charge in [0.1, 0.15) is 11.6 Å². The van der Waals surface area contributed by atoms with Gasteiger partial charge in [0.05, 0.1) is 5.69 Å². The van der Waals surface area contributed by atoms with Gasteiger partial charge in [0.15, 0.2) is 5.82 Å². The number of nitriles is 1. The number of nitrogens with zero attached hydrogens (tertiary/aromatic N) is 3. The number of hydrogen-bond donors (Lipinski definition) is 1. The highest BCUT2D eigenvalue weighted by Crippen LogP contribution is 2.17. The first kappa shape index (κ1) is 13.0. The average Bonchev–Trinajstić information content (AvgIpc) is 2.42. The minimum atomic E-state index is 0.547. The minimum Gasteiger partial charge on any atom is -0.363 e. The third kappa shape index (κ3) is 2.89. The highest BCUT2D eigenvalue weighted by molar-refractivity contribution is 5.55. The Morgan fingerprint density at radius 1 is 1.11 bits per heavy atom. The fourth-order valence-corrected chi connectivity index (χ4v) is 1.76. The lowest BCUT2D eigenvalue weighted by molar-refractivity contribution is 0.940. The van der Waals surface area contributed by atoms with Gasteiger partial charge in [-0.1, -0.05) is 29.8 Å². The maximum absolute atomic E-state index is 9.20. The average molecular weight is 252 g/mol. The second-order valence-corrected chi connectivity index (χ2v) is 4.58. The smallest absolute Gasteiger partial charge is 0.167 e. The standard InChI is InChI=1S/C15H16N4/c1-10-4-6-13(7-5-10)9-17-15-14(8-16)11(2)12(3)18-19-15/h4-7H,9H2,1-3H3,(H,17,19). The van der Waals surface area contributed by atoms with Crippen molar-refractivity contribution in [2.75, 3.05) is 5.32 Å². The number of aromatic nitrogens is 2. The molecule has 19 heavy (non-hydrogen) atoms. The lowest BCUT2D eigenvalue weighted by atomic mass is 10.1. The van der Waals surface area contributed by atoms with E-state index in [9.17, 15) is 5.26 Å². The summed E-state index contributed by atoms with van der Waals surface area (Å²) in [6.45, 7) is 6.43. The van der Waals surface area contributed by atoms with Crippen LogP contribution in [-0.2, 0) is 6.54 Å². The number of hydrogen-bond acceptors (Lipinski definition) is 4. The molecule has 2 aromatic rings. The number of aryl methyl sites for hydroxylation is 2. The van der Waals surface area contributed by atoms with Gasteiger partial charge < -0.3 is 5.32 Å². The van der Waals surface area contributed by atoms with Crippen molar-refractivity contribution in [1.29, 1.82) is 5.26 Å². The van der Waals surface area contributed by atoms with Crippen LogP contribution in [0.5, 0.6) is 0 Å². The van der Waals surface area contributed by atoms with E-state index in [1.807, 2.05) is 13.8 Å². The molecule has 4 nitrogen and oxygen atoms in total. The van der Waals surface area contributed by atoms with E-state index in [0.717, 1.165) is 16.8 Å². The quantitative estimate of drug-likeness (QED) is 0.912. The fourth-order valence-electron chi connectivity index (χ4n) is 1.76. The van der Waals surface area contributed by atoms with Gasteiger partial charge in [0.25, 0.3) is 0 Å². The molecule has 0 bridgehead atoms. The Morgan fingerprint density at radius 3 is 2.42 bits per heavy atom. The maximum atomic E-state index is 9.20. The van der Waals surface area contributed by atoms with Gasteiger partial charge in [0.2, 0.25) is 0 Å². The van der Waals surface area contributed by atoms with Crippen molar-refractivity contribution in [3.05, 3.63) is 52.2 Å². The summed E-state index contributed by atoms with van der Waals surface area (Å²) in [6, 6.07) is 10.4. The molecule has 1 heterocycles. The van der Waals surface area contributed by atoms with Gasteiger partial charge in [-0.2, -0.15) is 10.4 Å². The van der Waals surface area contributed by atoms with Crippen molar-refractivity contribution in [3.63, 3.8) is 0 Å². The molecule has 0 atom stereocenters. The Hall–Kier alpha value is -2.41. The maximum Gasteiger partial charge on any atom is 0.167 e. The molecule has 0 aliphatic carbocycles. The fraction of sp³-hybridized carbons (Fsp3) is 0.267. The summed E-state index contributed by atoms with van der Waals surface area (Å²) < 4.78 is 0. The zero-order valence-corrected chi connectivity index (χ0v) is 11.4. The van der Waals surface area contributed by atoms with E-state index in [4.69, 9.17) is 0 Å². The Balaban J connectivity index is 2.18. The number of benzene rings is 1. The lowest BCUT2D eigenvalue weighted by Gasteiger charge is -2.09. The van der Waals surface area contributed by atoms with Crippen molar-refractivity contribution < 1.29 is 0 Å². The summed E-state index contributed by atoms with van der Waals surface area (Å²) in [5.41, 5.74) is 4.61. The van der Waals surface area contributed by atoms with E-state index in [-0.39, 0.29) is 0 Å². The van der Waals surface area contributed by atoms with E-state index >= 15 is 0 Å². The topological polar surface area (TPSA) is 61.6 Å². The van der Waals surface area contributed by atoms with Crippen LogP contribution in [0.4, 0.5) is 5.82 Å². The van der Waals surface area contributed by atoms with Crippen LogP contribution in [0.2, 0.25) is 0 Å².